The number of aryl methyl sites for hydroxylation is 1. The van der Waals surface area contributed by atoms with Crippen LogP contribution in [0.25, 0.3) is 11.1 Å². The lowest BCUT2D eigenvalue weighted by Crippen LogP contribution is -2.22. The van der Waals surface area contributed by atoms with Crippen LogP contribution in [0.4, 0.5) is 5.69 Å². The summed E-state index contributed by atoms with van der Waals surface area (Å²) in [6.45, 7) is 4.90. The van der Waals surface area contributed by atoms with E-state index in [0.717, 1.165) is 41.2 Å². The molecule has 3 nitrogen and oxygen atoms in total. The van der Waals surface area contributed by atoms with Gasteiger partial charge in [-0.05, 0) is 36.6 Å². The Morgan fingerprint density at radius 3 is 2.56 bits per heavy atom. The fourth-order valence-corrected chi connectivity index (χ4v) is 4.62. The standard InChI is InChI=1S/C23H23NO2S/c1-3-12-26-18-10-8-16(9-11-18)19-13-21(25)24-22-20(14-27-23(19)22)17-6-4-15(2)5-7-17/h4-11,14,19H,3,12-13H2,1-2H3,(H,24,25). The Balaban J connectivity index is 1.67. The molecule has 4 heteroatoms. The third-order valence-corrected chi connectivity index (χ3v) is 6.00. The molecule has 1 N–H and O–H groups in total. The fraction of sp³-hybridized carbons (Fsp3) is 0.261. The van der Waals surface area contributed by atoms with Crippen LogP contribution in [-0.4, -0.2) is 12.5 Å². The minimum absolute atomic E-state index is 0.0746. The Morgan fingerprint density at radius 1 is 1.11 bits per heavy atom. The molecule has 1 amide bonds. The molecule has 2 heterocycles. The van der Waals surface area contributed by atoms with Crippen LogP contribution in [-0.2, 0) is 4.79 Å². The number of amides is 1. The van der Waals surface area contributed by atoms with Crippen LogP contribution in [0.5, 0.6) is 5.75 Å². The highest BCUT2D eigenvalue weighted by Gasteiger charge is 2.30. The van der Waals surface area contributed by atoms with E-state index in [1.807, 2.05) is 12.1 Å². The Hall–Kier alpha value is -2.59. The van der Waals surface area contributed by atoms with Crippen molar-refractivity contribution in [3.8, 4) is 16.9 Å². The fourth-order valence-electron chi connectivity index (χ4n) is 3.46. The van der Waals surface area contributed by atoms with Gasteiger partial charge in [0.05, 0.1) is 12.3 Å². The third-order valence-electron chi connectivity index (χ3n) is 4.91. The second kappa shape index (κ2) is 7.57. The SMILES string of the molecule is CCCOc1ccc(C2CC(=O)Nc3c(-c4ccc(C)cc4)csc32)cc1. The second-order valence-electron chi connectivity index (χ2n) is 6.98. The Kier molecular flexibility index (Phi) is 4.99. The molecule has 1 unspecified atom stereocenters. The van der Waals surface area contributed by atoms with Crippen molar-refractivity contribution >= 4 is 22.9 Å². The number of ether oxygens (including phenoxy) is 1. The van der Waals surface area contributed by atoms with Gasteiger partial charge in [0.25, 0.3) is 0 Å². The summed E-state index contributed by atoms with van der Waals surface area (Å²) in [5.41, 5.74) is 5.61. The summed E-state index contributed by atoms with van der Waals surface area (Å²) >= 11 is 1.73. The molecule has 27 heavy (non-hydrogen) atoms. The number of nitrogens with one attached hydrogen (secondary N) is 1. The number of thiophene rings is 1. The molecular formula is C23H23NO2S. The van der Waals surface area contributed by atoms with Crippen molar-refractivity contribution in [2.45, 2.75) is 32.6 Å². The molecule has 0 saturated heterocycles. The van der Waals surface area contributed by atoms with E-state index in [0.29, 0.717) is 6.42 Å². The molecule has 0 radical (unpaired) electrons. The number of hydrogen-bond donors (Lipinski definition) is 1. The van der Waals surface area contributed by atoms with Crippen molar-refractivity contribution in [2.75, 3.05) is 11.9 Å². The van der Waals surface area contributed by atoms with E-state index in [1.54, 1.807) is 11.3 Å². The van der Waals surface area contributed by atoms with Crippen LogP contribution < -0.4 is 10.1 Å². The number of carbonyl (C=O) groups is 1. The highest BCUT2D eigenvalue weighted by Crippen LogP contribution is 2.46. The minimum atomic E-state index is 0.0746. The number of fused-ring (bicyclic) bond motifs is 1. The molecule has 3 aromatic rings. The van der Waals surface area contributed by atoms with Crippen molar-refractivity contribution in [1.29, 1.82) is 0 Å². The first-order valence-electron chi connectivity index (χ1n) is 9.36. The molecule has 1 atom stereocenters. The van der Waals surface area contributed by atoms with Gasteiger partial charge in [-0.3, -0.25) is 4.79 Å². The smallest absolute Gasteiger partial charge is 0.225 e. The zero-order valence-corrected chi connectivity index (χ0v) is 16.4. The summed E-state index contributed by atoms with van der Waals surface area (Å²) in [7, 11) is 0. The molecule has 0 fully saturated rings. The zero-order valence-electron chi connectivity index (χ0n) is 15.6. The number of rotatable bonds is 5. The average Bonchev–Trinajstić information content (AvgIpc) is 3.10. The van der Waals surface area contributed by atoms with Crippen LogP contribution in [0.1, 0.15) is 41.7 Å². The van der Waals surface area contributed by atoms with E-state index in [4.69, 9.17) is 4.74 Å². The number of carbonyl (C=O) groups excluding carboxylic acids is 1. The lowest BCUT2D eigenvalue weighted by atomic mass is 9.89. The second-order valence-corrected chi connectivity index (χ2v) is 7.89. The van der Waals surface area contributed by atoms with E-state index in [-0.39, 0.29) is 11.8 Å². The van der Waals surface area contributed by atoms with Crippen molar-refractivity contribution in [3.05, 3.63) is 69.9 Å². The third kappa shape index (κ3) is 3.62. The molecule has 0 bridgehead atoms. The quantitative estimate of drug-likeness (QED) is 0.593. The Bertz CT molecular complexity index is 942. The van der Waals surface area contributed by atoms with Crippen LogP contribution >= 0.6 is 11.3 Å². The molecule has 1 aromatic heterocycles. The summed E-state index contributed by atoms with van der Waals surface area (Å²) < 4.78 is 5.68. The summed E-state index contributed by atoms with van der Waals surface area (Å²) in [4.78, 5) is 13.7. The maximum atomic E-state index is 12.4. The van der Waals surface area contributed by atoms with Gasteiger partial charge in [0, 0.05) is 28.2 Å². The van der Waals surface area contributed by atoms with Crippen molar-refractivity contribution < 1.29 is 9.53 Å². The largest absolute Gasteiger partial charge is 0.494 e. The molecule has 4 rings (SSSR count). The molecule has 1 aliphatic heterocycles. The lowest BCUT2D eigenvalue weighted by molar-refractivity contribution is -0.116. The molecule has 0 aliphatic carbocycles. The first-order chi connectivity index (χ1) is 13.2. The van der Waals surface area contributed by atoms with Crippen LogP contribution in [0.3, 0.4) is 0 Å². The van der Waals surface area contributed by atoms with Gasteiger partial charge in [-0.25, -0.2) is 0 Å². The first-order valence-corrected chi connectivity index (χ1v) is 10.2. The first kappa shape index (κ1) is 17.8. The molecule has 0 spiro atoms. The molecule has 138 valence electrons. The molecule has 1 aliphatic rings. The van der Waals surface area contributed by atoms with Crippen LogP contribution in [0.2, 0.25) is 0 Å². The summed E-state index contributed by atoms with van der Waals surface area (Å²) in [5.74, 6) is 1.05. The molecule has 2 aromatic carbocycles. The maximum absolute atomic E-state index is 12.4. The van der Waals surface area contributed by atoms with Crippen molar-refractivity contribution in [3.63, 3.8) is 0 Å². The lowest BCUT2D eigenvalue weighted by Gasteiger charge is -2.24. The van der Waals surface area contributed by atoms with Gasteiger partial charge >= 0.3 is 0 Å². The van der Waals surface area contributed by atoms with E-state index >= 15 is 0 Å². The van der Waals surface area contributed by atoms with Gasteiger partial charge in [0.15, 0.2) is 0 Å². The average molecular weight is 378 g/mol. The van der Waals surface area contributed by atoms with E-state index < -0.39 is 0 Å². The normalized spacial score (nSPS) is 15.9. The van der Waals surface area contributed by atoms with E-state index in [1.165, 1.54) is 10.4 Å². The zero-order chi connectivity index (χ0) is 18.8. The minimum Gasteiger partial charge on any atom is -0.494 e. The highest BCUT2D eigenvalue weighted by molar-refractivity contribution is 7.11. The monoisotopic (exact) mass is 377 g/mol. The van der Waals surface area contributed by atoms with Gasteiger partial charge in [-0.2, -0.15) is 0 Å². The van der Waals surface area contributed by atoms with E-state index in [9.17, 15) is 4.79 Å². The number of anilines is 1. The number of hydrogen-bond acceptors (Lipinski definition) is 3. The van der Waals surface area contributed by atoms with Crippen molar-refractivity contribution in [2.24, 2.45) is 0 Å². The van der Waals surface area contributed by atoms with Gasteiger partial charge in [0.2, 0.25) is 5.91 Å². The predicted molar refractivity (Wildman–Crippen MR) is 112 cm³/mol. The maximum Gasteiger partial charge on any atom is 0.225 e. The summed E-state index contributed by atoms with van der Waals surface area (Å²) in [6.07, 6.45) is 1.47. The topological polar surface area (TPSA) is 38.3 Å². The summed E-state index contributed by atoms with van der Waals surface area (Å²) in [5, 5.41) is 5.27. The van der Waals surface area contributed by atoms with Gasteiger partial charge in [0.1, 0.15) is 5.75 Å². The van der Waals surface area contributed by atoms with Gasteiger partial charge < -0.3 is 10.1 Å². The van der Waals surface area contributed by atoms with Crippen LogP contribution in [0.15, 0.2) is 53.9 Å². The van der Waals surface area contributed by atoms with Gasteiger partial charge in [-0.1, -0.05) is 48.9 Å². The van der Waals surface area contributed by atoms with E-state index in [2.05, 4.69) is 60.9 Å². The summed E-state index contributed by atoms with van der Waals surface area (Å²) in [6, 6.07) is 16.6. The highest BCUT2D eigenvalue weighted by atomic mass is 32.1. The Labute approximate surface area is 164 Å². The predicted octanol–water partition coefficient (Wildman–Crippen LogP) is 5.99. The Morgan fingerprint density at radius 2 is 1.85 bits per heavy atom. The molecule has 0 saturated carbocycles. The van der Waals surface area contributed by atoms with Crippen LogP contribution in [0, 0.1) is 6.92 Å². The van der Waals surface area contributed by atoms with Gasteiger partial charge in [-0.15, -0.1) is 11.3 Å². The number of benzene rings is 2. The molecular weight excluding hydrogens is 354 g/mol. The van der Waals surface area contributed by atoms with Crippen molar-refractivity contribution in [1.82, 2.24) is 0 Å².